The van der Waals surface area contributed by atoms with Gasteiger partial charge < -0.3 is 15.2 Å². The number of hydrogen-bond donors (Lipinski definition) is 3. The van der Waals surface area contributed by atoms with E-state index in [4.69, 9.17) is 21.4 Å². The van der Waals surface area contributed by atoms with Gasteiger partial charge in [0.15, 0.2) is 11.6 Å². The molecule has 3 N–H and O–H groups in total. The maximum absolute atomic E-state index is 15.0. The molecule has 0 saturated heterocycles. The summed E-state index contributed by atoms with van der Waals surface area (Å²) in [5, 5.41) is 18.1. The van der Waals surface area contributed by atoms with Gasteiger partial charge in [0.25, 0.3) is 0 Å². The third-order valence-corrected chi connectivity index (χ3v) is 4.34. The number of nitrogens with zero attached hydrogens (tertiary/aromatic N) is 1. The largest absolute Gasteiger partial charge is 0.465 e. The molecule has 2 aromatic carbocycles. The van der Waals surface area contributed by atoms with Crippen LogP contribution < -0.4 is 10.1 Å². The van der Waals surface area contributed by atoms with Crippen LogP contribution in [0.1, 0.15) is 24.9 Å². The Hall–Kier alpha value is -3.06. The average Bonchev–Trinajstić information content (AvgIpc) is 3.19. The van der Waals surface area contributed by atoms with Gasteiger partial charge in [0.1, 0.15) is 5.75 Å². The molecule has 0 aliphatic carbocycles. The molecule has 1 atom stereocenters. The molecule has 1 amide bonds. The summed E-state index contributed by atoms with van der Waals surface area (Å²) in [7, 11) is 0. The molecule has 27 heavy (non-hydrogen) atoms. The molecule has 0 spiro atoms. The lowest BCUT2D eigenvalue weighted by Crippen LogP contribution is -2.27. The monoisotopic (exact) mass is 389 g/mol. The zero-order valence-electron chi connectivity index (χ0n) is 14.4. The number of carboxylic acid groups (broad SMARTS) is 1. The summed E-state index contributed by atoms with van der Waals surface area (Å²) in [4.78, 5) is 10.9. The number of H-pyrrole nitrogens is 1. The van der Waals surface area contributed by atoms with Crippen molar-refractivity contribution < 1.29 is 19.0 Å². The summed E-state index contributed by atoms with van der Waals surface area (Å²) in [6.45, 7) is 1.75. The Morgan fingerprint density at radius 1 is 1.30 bits per heavy atom. The van der Waals surface area contributed by atoms with Crippen LogP contribution in [0.2, 0.25) is 5.02 Å². The van der Waals surface area contributed by atoms with Crippen molar-refractivity contribution in [1.82, 2.24) is 15.5 Å². The van der Waals surface area contributed by atoms with Gasteiger partial charge in [-0.15, -0.1) is 0 Å². The summed E-state index contributed by atoms with van der Waals surface area (Å²) < 4.78 is 20.6. The average molecular weight is 390 g/mol. The molecule has 0 aliphatic heterocycles. The Balaban J connectivity index is 1.88. The highest BCUT2D eigenvalue weighted by Gasteiger charge is 2.21. The predicted molar refractivity (Wildman–Crippen MR) is 99.7 cm³/mol. The van der Waals surface area contributed by atoms with Crippen molar-refractivity contribution in [1.29, 1.82) is 0 Å². The minimum Gasteiger partial charge on any atom is -0.465 e. The number of carbonyl (C=O) groups is 1. The van der Waals surface area contributed by atoms with Gasteiger partial charge >= 0.3 is 6.09 Å². The van der Waals surface area contributed by atoms with Gasteiger partial charge in [-0.25, -0.2) is 9.18 Å². The van der Waals surface area contributed by atoms with Crippen LogP contribution in [0.15, 0.2) is 48.7 Å². The van der Waals surface area contributed by atoms with E-state index in [-0.39, 0.29) is 16.3 Å². The minimum atomic E-state index is -1.23. The number of amides is 1. The fourth-order valence-electron chi connectivity index (χ4n) is 2.70. The number of rotatable bonds is 6. The van der Waals surface area contributed by atoms with Gasteiger partial charge in [-0.2, -0.15) is 5.10 Å². The van der Waals surface area contributed by atoms with Crippen LogP contribution in [0, 0.1) is 5.82 Å². The van der Waals surface area contributed by atoms with Gasteiger partial charge in [0.05, 0.1) is 16.8 Å². The zero-order valence-corrected chi connectivity index (χ0v) is 15.1. The maximum Gasteiger partial charge on any atom is 0.405 e. The molecule has 0 fully saturated rings. The van der Waals surface area contributed by atoms with Crippen molar-refractivity contribution >= 4 is 17.7 Å². The first kappa shape index (κ1) is 18.7. The molecular formula is C19H17ClFN3O3. The predicted octanol–water partition coefficient (Wildman–Crippen LogP) is 5.38. The molecule has 140 valence electrons. The number of ether oxygens (including phenoxy) is 1. The van der Waals surface area contributed by atoms with E-state index in [9.17, 15) is 9.18 Å². The topological polar surface area (TPSA) is 87.2 Å². The van der Waals surface area contributed by atoms with Crippen molar-refractivity contribution in [3.63, 3.8) is 0 Å². The van der Waals surface area contributed by atoms with Crippen LogP contribution in [0.4, 0.5) is 9.18 Å². The first-order chi connectivity index (χ1) is 13.0. The molecule has 0 bridgehead atoms. The van der Waals surface area contributed by atoms with E-state index in [1.54, 1.807) is 37.4 Å². The summed E-state index contributed by atoms with van der Waals surface area (Å²) in [6, 6.07) is 11.0. The second-order valence-electron chi connectivity index (χ2n) is 5.79. The van der Waals surface area contributed by atoms with Gasteiger partial charge in [-0.1, -0.05) is 24.6 Å². The van der Waals surface area contributed by atoms with E-state index in [1.165, 1.54) is 12.1 Å². The molecule has 0 aliphatic rings. The van der Waals surface area contributed by atoms with Gasteiger partial charge in [-0.05, 0) is 48.4 Å². The number of halogens is 2. The van der Waals surface area contributed by atoms with Gasteiger partial charge in [0.2, 0.25) is 0 Å². The molecule has 0 saturated carbocycles. The van der Waals surface area contributed by atoms with E-state index in [0.29, 0.717) is 12.2 Å². The molecule has 1 heterocycles. The van der Waals surface area contributed by atoms with E-state index >= 15 is 0 Å². The minimum absolute atomic E-state index is 0.0964. The quantitative estimate of drug-likeness (QED) is 0.528. The van der Waals surface area contributed by atoms with Crippen molar-refractivity contribution in [3.05, 3.63) is 65.1 Å². The molecular weight excluding hydrogens is 373 g/mol. The van der Waals surface area contributed by atoms with Gasteiger partial charge in [0, 0.05) is 11.8 Å². The smallest absolute Gasteiger partial charge is 0.405 e. The molecule has 3 rings (SSSR count). The summed E-state index contributed by atoms with van der Waals surface area (Å²) in [6.07, 6.45) is 0.798. The summed E-state index contributed by atoms with van der Waals surface area (Å²) in [5.74, 6) is -0.440. The number of aromatic amines is 1. The van der Waals surface area contributed by atoms with E-state index in [0.717, 1.165) is 11.3 Å². The highest BCUT2D eigenvalue weighted by atomic mass is 35.5. The maximum atomic E-state index is 15.0. The highest BCUT2D eigenvalue weighted by molar-refractivity contribution is 6.32. The Morgan fingerprint density at radius 2 is 2.04 bits per heavy atom. The summed E-state index contributed by atoms with van der Waals surface area (Å²) >= 11 is 6.10. The lowest BCUT2D eigenvalue weighted by Gasteiger charge is -2.18. The second kappa shape index (κ2) is 8.09. The number of aromatic nitrogens is 2. The lowest BCUT2D eigenvalue weighted by atomic mass is 10.0. The van der Waals surface area contributed by atoms with Crippen molar-refractivity contribution in [3.8, 4) is 22.8 Å². The fourth-order valence-corrected chi connectivity index (χ4v) is 2.88. The number of hydrogen-bond acceptors (Lipinski definition) is 3. The Morgan fingerprint density at radius 3 is 2.63 bits per heavy atom. The molecule has 1 aromatic heterocycles. The first-order valence-electron chi connectivity index (χ1n) is 8.24. The summed E-state index contributed by atoms with van der Waals surface area (Å²) in [5.41, 5.74) is 1.92. The van der Waals surface area contributed by atoms with E-state index < -0.39 is 18.0 Å². The second-order valence-corrected chi connectivity index (χ2v) is 6.19. The van der Waals surface area contributed by atoms with Gasteiger partial charge in [-0.3, -0.25) is 5.10 Å². The Kier molecular flexibility index (Phi) is 5.61. The number of benzene rings is 2. The lowest BCUT2D eigenvalue weighted by molar-refractivity contribution is 0.189. The van der Waals surface area contributed by atoms with E-state index in [1.807, 2.05) is 6.07 Å². The molecule has 3 aromatic rings. The third kappa shape index (κ3) is 4.20. The van der Waals surface area contributed by atoms with Crippen LogP contribution in [0.5, 0.6) is 11.5 Å². The zero-order chi connectivity index (χ0) is 19.4. The SMILES string of the molecule is CC[C@@H](NC(=O)O)c1ccc(Cl)c(Oc2ccc(-c3ccn[nH]3)cc2)c1F. The fraction of sp³-hybridized carbons (Fsp3) is 0.158. The van der Waals surface area contributed by atoms with Crippen molar-refractivity contribution in [2.45, 2.75) is 19.4 Å². The van der Waals surface area contributed by atoms with Crippen LogP contribution in [0.3, 0.4) is 0 Å². The molecule has 8 heteroatoms. The Bertz CT molecular complexity index is 930. The standard InChI is InChI=1S/C19H17ClFN3O3/c1-2-15(23-19(25)26)13-7-8-14(20)18(17(13)21)27-12-5-3-11(4-6-12)16-9-10-22-24-16/h3-10,15,23H,2H2,1H3,(H,22,24)(H,25,26)/t15-/m1/s1. The van der Waals surface area contributed by atoms with Crippen LogP contribution in [-0.4, -0.2) is 21.4 Å². The van der Waals surface area contributed by atoms with Crippen molar-refractivity contribution in [2.75, 3.05) is 0 Å². The van der Waals surface area contributed by atoms with Crippen LogP contribution >= 0.6 is 11.6 Å². The van der Waals surface area contributed by atoms with E-state index in [2.05, 4.69) is 15.5 Å². The highest BCUT2D eigenvalue weighted by Crippen LogP contribution is 2.36. The van der Waals surface area contributed by atoms with Crippen LogP contribution in [-0.2, 0) is 0 Å². The third-order valence-electron chi connectivity index (χ3n) is 4.05. The Labute approximate surface area is 159 Å². The molecule has 0 unspecified atom stereocenters. The van der Waals surface area contributed by atoms with Crippen LogP contribution in [0.25, 0.3) is 11.3 Å². The van der Waals surface area contributed by atoms with Crippen molar-refractivity contribution in [2.24, 2.45) is 0 Å². The molecule has 6 nitrogen and oxygen atoms in total. The normalized spacial score (nSPS) is 11.8. The first-order valence-corrected chi connectivity index (χ1v) is 8.62. The number of nitrogens with one attached hydrogen (secondary N) is 2. The molecule has 0 radical (unpaired) electrons.